The topological polar surface area (TPSA) is 62.2 Å². The highest BCUT2D eigenvalue weighted by molar-refractivity contribution is 9.10. The number of benzene rings is 1. The normalized spacial score (nSPS) is 11.2. The average molecular weight is 349 g/mol. The maximum atomic E-state index is 12.2. The molecule has 1 aromatic heterocycles. The summed E-state index contributed by atoms with van der Waals surface area (Å²) in [5.74, 6) is -0.274. The minimum absolute atomic E-state index is 0.0410. The Kier molecular flexibility index (Phi) is 4.32. The SMILES string of the molecule is CC(C)(C)c1ccc(O)c(NC(=O)c2cncc(Br)c2)c1. The standard InChI is InChI=1S/C16H17BrN2O2/c1-16(2,3)11-4-5-14(20)13(7-11)19-15(21)10-6-12(17)9-18-8-10/h4-9,20H,1-3H3,(H,19,21). The van der Waals surface area contributed by atoms with Crippen LogP contribution in [0.5, 0.6) is 5.75 Å². The van der Waals surface area contributed by atoms with Crippen LogP contribution in [0.2, 0.25) is 0 Å². The molecule has 1 aromatic carbocycles. The first-order valence-electron chi connectivity index (χ1n) is 6.53. The highest BCUT2D eigenvalue weighted by atomic mass is 79.9. The number of pyridine rings is 1. The van der Waals surface area contributed by atoms with Gasteiger partial charge in [0, 0.05) is 16.9 Å². The summed E-state index contributed by atoms with van der Waals surface area (Å²) in [5.41, 5.74) is 1.78. The fourth-order valence-electron chi connectivity index (χ4n) is 1.83. The third-order valence-corrected chi connectivity index (χ3v) is 3.51. The number of phenols is 1. The largest absolute Gasteiger partial charge is 0.506 e. The molecule has 2 rings (SSSR count). The number of phenolic OH excluding ortho intramolecular Hbond substituents is 1. The highest BCUT2D eigenvalue weighted by Gasteiger charge is 2.17. The first-order chi connectivity index (χ1) is 9.77. The van der Waals surface area contributed by atoms with Crippen molar-refractivity contribution in [1.82, 2.24) is 4.98 Å². The van der Waals surface area contributed by atoms with E-state index in [0.717, 1.165) is 10.0 Å². The van der Waals surface area contributed by atoms with Gasteiger partial charge in [-0.25, -0.2) is 0 Å². The third-order valence-electron chi connectivity index (χ3n) is 3.08. The molecule has 0 saturated heterocycles. The fourth-order valence-corrected chi connectivity index (χ4v) is 2.20. The molecule has 0 aliphatic rings. The van der Waals surface area contributed by atoms with Gasteiger partial charge in [-0.1, -0.05) is 26.8 Å². The zero-order valence-corrected chi connectivity index (χ0v) is 13.7. The maximum absolute atomic E-state index is 12.2. The number of aromatic hydroxyl groups is 1. The van der Waals surface area contributed by atoms with Crippen LogP contribution in [-0.2, 0) is 5.41 Å². The highest BCUT2D eigenvalue weighted by Crippen LogP contribution is 2.31. The Morgan fingerprint density at radius 1 is 1.24 bits per heavy atom. The number of aromatic nitrogens is 1. The zero-order valence-electron chi connectivity index (χ0n) is 12.1. The molecule has 0 unspecified atom stereocenters. The molecule has 0 bridgehead atoms. The lowest BCUT2D eigenvalue weighted by Crippen LogP contribution is -2.15. The third kappa shape index (κ3) is 3.82. The number of halogens is 1. The Labute approximate surface area is 132 Å². The van der Waals surface area contributed by atoms with E-state index in [-0.39, 0.29) is 17.1 Å². The molecule has 0 fully saturated rings. The van der Waals surface area contributed by atoms with E-state index in [0.29, 0.717) is 11.3 Å². The lowest BCUT2D eigenvalue weighted by molar-refractivity contribution is 0.102. The molecule has 1 amide bonds. The molecule has 21 heavy (non-hydrogen) atoms. The molecule has 5 heteroatoms. The zero-order chi connectivity index (χ0) is 15.6. The van der Waals surface area contributed by atoms with Crippen LogP contribution in [0.3, 0.4) is 0 Å². The van der Waals surface area contributed by atoms with Gasteiger partial charge in [0.1, 0.15) is 5.75 Å². The molecule has 0 saturated carbocycles. The fraction of sp³-hybridized carbons (Fsp3) is 0.250. The number of rotatable bonds is 2. The summed E-state index contributed by atoms with van der Waals surface area (Å²) in [4.78, 5) is 16.2. The lowest BCUT2D eigenvalue weighted by Gasteiger charge is -2.20. The average Bonchev–Trinajstić information content (AvgIpc) is 2.40. The van der Waals surface area contributed by atoms with E-state index in [1.54, 1.807) is 24.4 Å². The molecule has 0 aliphatic carbocycles. The minimum atomic E-state index is -0.315. The summed E-state index contributed by atoms with van der Waals surface area (Å²) in [6, 6.07) is 6.91. The van der Waals surface area contributed by atoms with Gasteiger partial charge in [0.25, 0.3) is 5.91 Å². The van der Waals surface area contributed by atoms with Gasteiger partial charge in [-0.05, 0) is 45.1 Å². The number of carbonyl (C=O) groups is 1. The van der Waals surface area contributed by atoms with Crippen LogP contribution in [-0.4, -0.2) is 16.0 Å². The molecular formula is C16H17BrN2O2. The van der Waals surface area contributed by atoms with E-state index in [2.05, 4.69) is 47.0 Å². The van der Waals surface area contributed by atoms with Gasteiger partial charge < -0.3 is 10.4 Å². The van der Waals surface area contributed by atoms with Crippen LogP contribution in [0, 0.1) is 0 Å². The summed E-state index contributed by atoms with van der Waals surface area (Å²) < 4.78 is 0.725. The molecule has 4 nitrogen and oxygen atoms in total. The second kappa shape index (κ2) is 5.85. The summed E-state index contributed by atoms with van der Waals surface area (Å²) in [6.45, 7) is 6.22. The van der Waals surface area contributed by atoms with Crippen LogP contribution in [0.25, 0.3) is 0 Å². The van der Waals surface area contributed by atoms with Crippen molar-refractivity contribution in [2.24, 2.45) is 0 Å². The Morgan fingerprint density at radius 3 is 2.57 bits per heavy atom. The van der Waals surface area contributed by atoms with Crippen molar-refractivity contribution in [3.63, 3.8) is 0 Å². The lowest BCUT2D eigenvalue weighted by atomic mass is 9.87. The predicted octanol–water partition coefficient (Wildman–Crippen LogP) is 4.10. The maximum Gasteiger partial charge on any atom is 0.257 e. The van der Waals surface area contributed by atoms with E-state index in [9.17, 15) is 9.90 Å². The number of nitrogens with one attached hydrogen (secondary N) is 1. The summed E-state index contributed by atoms with van der Waals surface area (Å²) in [6.07, 6.45) is 3.08. The number of hydrogen-bond donors (Lipinski definition) is 2. The van der Waals surface area contributed by atoms with Crippen LogP contribution in [0.15, 0.2) is 41.1 Å². The number of anilines is 1. The quantitative estimate of drug-likeness (QED) is 0.803. The van der Waals surface area contributed by atoms with Crippen LogP contribution in [0.1, 0.15) is 36.7 Å². The molecule has 0 atom stereocenters. The van der Waals surface area contributed by atoms with Crippen molar-refractivity contribution in [2.45, 2.75) is 26.2 Å². The molecule has 0 spiro atoms. The molecule has 110 valence electrons. The van der Waals surface area contributed by atoms with Gasteiger partial charge in [-0.2, -0.15) is 0 Å². The smallest absolute Gasteiger partial charge is 0.257 e. The van der Waals surface area contributed by atoms with Gasteiger partial charge in [0.15, 0.2) is 0 Å². The summed E-state index contributed by atoms with van der Waals surface area (Å²) >= 11 is 3.28. The van der Waals surface area contributed by atoms with Crippen molar-refractivity contribution >= 4 is 27.5 Å². The van der Waals surface area contributed by atoms with Crippen molar-refractivity contribution in [2.75, 3.05) is 5.32 Å². The first kappa shape index (κ1) is 15.5. The molecule has 0 aliphatic heterocycles. The second-order valence-electron chi connectivity index (χ2n) is 5.83. The Balaban J connectivity index is 2.29. The minimum Gasteiger partial charge on any atom is -0.506 e. The Morgan fingerprint density at radius 2 is 1.95 bits per heavy atom. The molecule has 0 radical (unpaired) electrons. The van der Waals surface area contributed by atoms with Crippen molar-refractivity contribution in [3.8, 4) is 5.75 Å². The monoisotopic (exact) mass is 348 g/mol. The number of nitrogens with zero attached hydrogens (tertiary/aromatic N) is 1. The van der Waals surface area contributed by atoms with E-state index in [1.807, 2.05) is 6.07 Å². The number of hydrogen-bond acceptors (Lipinski definition) is 3. The van der Waals surface area contributed by atoms with E-state index < -0.39 is 0 Å². The van der Waals surface area contributed by atoms with Crippen molar-refractivity contribution in [1.29, 1.82) is 0 Å². The molecule has 2 N–H and O–H groups in total. The van der Waals surface area contributed by atoms with Crippen molar-refractivity contribution in [3.05, 3.63) is 52.3 Å². The summed E-state index contributed by atoms with van der Waals surface area (Å²) in [5, 5.41) is 12.6. The molecular weight excluding hydrogens is 332 g/mol. The number of carbonyl (C=O) groups excluding carboxylic acids is 1. The van der Waals surface area contributed by atoms with Gasteiger partial charge in [-0.15, -0.1) is 0 Å². The molecule has 2 aromatic rings. The number of amides is 1. The first-order valence-corrected chi connectivity index (χ1v) is 7.32. The Hall–Kier alpha value is -1.88. The predicted molar refractivity (Wildman–Crippen MR) is 86.7 cm³/mol. The Bertz CT molecular complexity index is 678. The van der Waals surface area contributed by atoms with Gasteiger partial charge in [0.2, 0.25) is 0 Å². The van der Waals surface area contributed by atoms with E-state index in [1.165, 1.54) is 6.20 Å². The van der Waals surface area contributed by atoms with Gasteiger partial charge >= 0.3 is 0 Å². The van der Waals surface area contributed by atoms with Crippen molar-refractivity contribution < 1.29 is 9.90 Å². The van der Waals surface area contributed by atoms with Crippen LogP contribution in [0.4, 0.5) is 5.69 Å². The van der Waals surface area contributed by atoms with E-state index >= 15 is 0 Å². The second-order valence-corrected chi connectivity index (χ2v) is 6.74. The van der Waals surface area contributed by atoms with E-state index in [4.69, 9.17) is 0 Å². The molecule has 1 heterocycles. The van der Waals surface area contributed by atoms with Gasteiger partial charge in [0.05, 0.1) is 11.3 Å². The summed E-state index contributed by atoms with van der Waals surface area (Å²) in [7, 11) is 0. The van der Waals surface area contributed by atoms with Gasteiger partial charge in [-0.3, -0.25) is 9.78 Å². The van der Waals surface area contributed by atoms with Crippen LogP contribution >= 0.6 is 15.9 Å². The van der Waals surface area contributed by atoms with Crippen LogP contribution < -0.4 is 5.32 Å².